The summed E-state index contributed by atoms with van der Waals surface area (Å²) in [6, 6.07) is 11.4. The lowest BCUT2D eigenvalue weighted by molar-refractivity contribution is 0.101. The molecule has 0 N–H and O–H groups in total. The van der Waals surface area contributed by atoms with Crippen LogP contribution in [0.5, 0.6) is 0 Å². The largest absolute Gasteiger partial charge is 0.344 e. The predicted molar refractivity (Wildman–Crippen MR) is 107 cm³/mol. The van der Waals surface area contributed by atoms with Crippen molar-refractivity contribution in [2.24, 2.45) is 0 Å². The number of hydrogen-bond donors (Lipinski definition) is 0. The average Bonchev–Trinajstić information content (AvgIpc) is 3.25. The molecule has 0 radical (unpaired) electrons. The molecule has 8 nitrogen and oxygen atoms in total. The summed E-state index contributed by atoms with van der Waals surface area (Å²) in [5.41, 5.74) is 2.49. The molecular weight excluding hydrogens is 368 g/mol. The van der Waals surface area contributed by atoms with Crippen LogP contribution in [0.2, 0.25) is 0 Å². The van der Waals surface area contributed by atoms with E-state index in [-0.39, 0.29) is 11.8 Å². The fourth-order valence-corrected chi connectivity index (χ4v) is 3.38. The van der Waals surface area contributed by atoms with E-state index in [4.69, 9.17) is 0 Å². The van der Waals surface area contributed by atoms with Gasteiger partial charge in [0.1, 0.15) is 5.69 Å². The van der Waals surface area contributed by atoms with Crippen LogP contribution in [0.15, 0.2) is 55.0 Å². The molecule has 0 atom stereocenters. The molecule has 1 aliphatic heterocycles. The zero-order chi connectivity index (χ0) is 20.2. The molecule has 1 fully saturated rings. The molecule has 148 valence electrons. The van der Waals surface area contributed by atoms with Gasteiger partial charge < -0.3 is 4.90 Å². The first-order chi connectivity index (χ1) is 14.1. The van der Waals surface area contributed by atoms with Crippen molar-refractivity contribution in [2.75, 3.05) is 26.2 Å². The Morgan fingerprint density at radius 2 is 1.76 bits per heavy atom. The summed E-state index contributed by atoms with van der Waals surface area (Å²) in [5, 5.41) is 4.06. The van der Waals surface area contributed by atoms with Gasteiger partial charge in [-0.3, -0.25) is 9.69 Å². The van der Waals surface area contributed by atoms with Crippen LogP contribution in [-0.4, -0.2) is 67.5 Å². The molecule has 0 spiro atoms. The highest BCUT2D eigenvalue weighted by Gasteiger charge is 2.23. The molecule has 0 unspecified atom stereocenters. The summed E-state index contributed by atoms with van der Waals surface area (Å²) in [5.74, 6) is 0.568. The van der Waals surface area contributed by atoms with Gasteiger partial charge in [-0.05, 0) is 23.8 Å². The molecule has 4 rings (SSSR count). The van der Waals surface area contributed by atoms with Crippen molar-refractivity contribution in [3.63, 3.8) is 0 Å². The normalized spacial score (nSPS) is 14.7. The van der Waals surface area contributed by atoms with E-state index in [1.165, 1.54) is 17.2 Å². The van der Waals surface area contributed by atoms with Gasteiger partial charge >= 0.3 is 6.03 Å². The van der Waals surface area contributed by atoms with Gasteiger partial charge in [0, 0.05) is 63.8 Å². The van der Waals surface area contributed by atoms with E-state index < -0.39 is 0 Å². The van der Waals surface area contributed by atoms with Crippen LogP contribution in [-0.2, 0) is 6.54 Å². The molecule has 1 aliphatic rings. The maximum absolute atomic E-state index is 12.6. The Bertz CT molecular complexity index is 1010. The van der Waals surface area contributed by atoms with Crippen molar-refractivity contribution in [3.05, 3.63) is 66.2 Å². The van der Waals surface area contributed by atoms with Crippen molar-refractivity contribution in [3.8, 4) is 11.4 Å². The number of benzene rings is 1. The topological polar surface area (TPSA) is 84.2 Å². The number of aromatic nitrogens is 4. The van der Waals surface area contributed by atoms with Crippen LogP contribution < -0.4 is 0 Å². The lowest BCUT2D eigenvalue weighted by Gasteiger charge is -2.34. The second-order valence-electron chi connectivity index (χ2n) is 7.02. The SMILES string of the molecule is CC(=O)c1ccn(C(=O)N2CCN(Cc3cccc(-c4ncccn4)c3)CC2)n1. The molecule has 3 aromatic rings. The summed E-state index contributed by atoms with van der Waals surface area (Å²) < 4.78 is 1.25. The third-order valence-electron chi connectivity index (χ3n) is 4.95. The molecule has 0 saturated carbocycles. The molecule has 1 amide bonds. The predicted octanol–water partition coefficient (Wildman–Crippen LogP) is 2.33. The van der Waals surface area contributed by atoms with Crippen LogP contribution in [0.3, 0.4) is 0 Å². The number of rotatable bonds is 4. The first kappa shape index (κ1) is 18.9. The number of piperazine rings is 1. The highest BCUT2D eigenvalue weighted by Crippen LogP contribution is 2.17. The van der Waals surface area contributed by atoms with Gasteiger partial charge in [-0.1, -0.05) is 18.2 Å². The molecule has 29 heavy (non-hydrogen) atoms. The highest BCUT2D eigenvalue weighted by molar-refractivity contribution is 5.92. The molecule has 2 aromatic heterocycles. The number of Topliss-reactive ketones (excluding diaryl/α,β-unsaturated/α-hetero) is 1. The van der Waals surface area contributed by atoms with Crippen LogP contribution in [0.25, 0.3) is 11.4 Å². The van der Waals surface area contributed by atoms with Crippen LogP contribution in [0.1, 0.15) is 23.0 Å². The number of ketones is 1. The minimum absolute atomic E-state index is 0.149. The maximum Gasteiger partial charge on any atom is 0.344 e. The second kappa shape index (κ2) is 8.32. The van der Waals surface area contributed by atoms with Gasteiger partial charge in [-0.15, -0.1) is 0 Å². The van der Waals surface area contributed by atoms with Gasteiger partial charge in [0.25, 0.3) is 0 Å². The van der Waals surface area contributed by atoms with Gasteiger partial charge in [0.2, 0.25) is 0 Å². The number of carbonyl (C=O) groups excluding carboxylic acids is 2. The molecule has 0 bridgehead atoms. The minimum atomic E-state index is -0.194. The van der Waals surface area contributed by atoms with Gasteiger partial charge in [0.15, 0.2) is 11.6 Å². The molecule has 1 aromatic carbocycles. The van der Waals surface area contributed by atoms with E-state index in [2.05, 4.69) is 32.1 Å². The van der Waals surface area contributed by atoms with E-state index in [9.17, 15) is 9.59 Å². The summed E-state index contributed by atoms with van der Waals surface area (Å²) in [6.07, 6.45) is 5.02. The van der Waals surface area contributed by atoms with Gasteiger partial charge in [0.05, 0.1) is 0 Å². The number of nitrogens with zero attached hydrogens (tertiary/aromatic N) is 6. The van der Waals surface area contributed by atoms with Crippen molar-refractivity contribution < 1.29 is 9.59 Å². The Morgan fingerprint density at radius 3 is 2.45 bits per heavy atom. The van der Waals surface area contributed by atoms with Gasteiger partial charge in [-0.2, -0.15) is 9.78 Å². The quantitative estimate of drug-likeness (QED) is 0.636. The van der Waals surface area contributed by atoms with E-state index in [1.807, 2.05) is 12.1 Å². The number of amides is 1. The maximum atomic E-state index is 12.6. The van der Waals surface area contributed by atoms with E-state index in [0.717, 1.165) is 25.2 Å². The number of hydrogen-bond acceptors (Lipinski definition) is 6. The van der Waals surface area contributed by atoms with E-state index in [1.54, 1.807) is 35.6 Å². The Kier molecular flexibility index (Phi) is 5.44. The molecule has 8 heteroatoms. The third-order valence-corrected chi connectivity index (χ3v) is 4.95. The van der Waals surface area contributed by atoms with Crippen LogP contribution >= 0.6 is 0 Å². The third kappa shape index (κ3) is 4.38. The molecule has 1 saturated heterocycles. The van der Waals surface area contributed by atoms with Crippen molar-refractivity contribution >= 4 is 11.8 Å². The first-order valence-electron chi connectivity index (χ1n) is 9.55. The average molecular weight is 390 g/mol. The fraction of sp³-hybridized carbons (Fsp3) is 0.286. The Labute approximate surface area is 168 Å². The lowest BCUT2D eigenvalue weighted by atomic mass is 10.1. The van der Waals surface area contributed by atoms with E-state index in [0.29, 0.717) is 24.6 Å². The number of carbonyl (C=O) groups is 2. The summed E-state index contributed by atoms with van der Waals surface area (Å²) in [4.78, 5) is 36.7. The van der Waals surface area contributed by atoms with Crippen molar-refractivity contribution in [1.29, 1.82) is 0 Å². The fourth-order valence-electron chi connectivity index (χ4n) is 3.38. The minimum Gasteiger partial charge on any atom is -0.320 e. The van der Waals surface area contributed by atoms with E-state index >= 15 is 0 Å². The Morgan fingerprint density at radius 1 is 1.00 bits per heavy atom. The zero-order valence-corrected chi connectivity index (χ0v) is 16.2. The van der Waals surface area contributed by atoms with Crippen LogP contribution in [0.4, 0.5) is 4.79 Å². The second-order valence-corrected chi connectivity index (χ2v) is 7.02. The molecule has 0 aliphatic carbocycles. The first-order valence-corrected chi connectivity index (χ1v) is 9.55. The lowest BCUT2D eigenvalue weighted by Crippen LogP contribution is -2.49. The monoisotopic (exact) mass is 390 g/mol. The Balaban J connectivity index is 1.35. The summed E-state index contributed by atoms with van der Waals surface area (Å²) >= 11 is 0. The Hall–Kier alpha value is -3.39. The molecule has 3 heterocycles. The highest BCUT2D eigenvalue weighted by atomic mass is 16.2. The standard InChI is InChI=1S/C21H22N6O2/c1-16(28)19-6-9-27(24-19)21(29)26-12-10-25(11-13-26)15-17-4-2-5-18(14-17)20-22-7-3-8-23-20/h2-9,14H,10-13,15H2,1H3. The smallest absolute Gasteiger partial charge is 0.320 e. The van der Waals surface area contributed by atoms with Crippen LogP contribution in [0, 0.1) is 0 Å². The molecular formula is C21H22N6O2. The van der Waals surface area contributed by atoms with Crippen molar-refractivity contribution in [2.45, 2.75) is 13.5 Å². The van der Waals surface area contributed by atoms with Gasteiger partial charge in [-0.25, -0.2) is 14.8 Å². The summed E-state index contributed by atoms with van der Waals surface area (Å²) in [7, 11) is 0. The summed E-state index contributed by atoms with van der Waals surface area (Å²) in [6.45, 7) is 5.04. The van der Waals surface area contributed by atoms with Crippen molar-refractivity contribution in [1.82, 2.24) is 29.5 Å². The zero-order valence-electron chi connectivity index (χ0n) is 16.2.